The lowest BCUT2D eigenvalue weighted by Crippen LogP contribution is -2.33. The largest absolute Gasteiger partial charge is 0.376 e. The van der Waals surface area contributed by atoms with E-state index in [1.54, 1.807) is 60.7 Å². The van der Waals surface area contributed by atoms with Crippen LogP contribution in [-0.4, -0.2) is 35.3 Å². The summed E-state index contributed by atoms with van der Waals surface area (Å²) < 4.78 is 33.5. The average molecular weight is 479 g/mol. The molecule has 2 atom stereocenters. The third-order valence-corrected chi connectivity index (χ3v) is 7.57. The summed E-state index contributed by atoms with van der Waals surface area (Å²) in [4.78, 5) is 28.6. The molecule has 5 rings (SSSR count). The molecule has 34 heavy (non-hydrogen) atoms. The van der Waals surface area contributed by atoms with Crippen molar-refractivity contribution in [2.75, 3.05) is 18.1 Å². The summed E-state index contributed by atoms with van der Waals surface area (Å²) in [5.74, 6) is -1.16. The molecule has 0 unspecified atom stereocenters. The van der Waals surface area contributed by atoms with Crippen LogP contribution in [0.3, 0.4) is 0 Å². The highest BCUT2D eigenvalue weighted by Crippen LogP contribution is 2.36. The molecule has 1 saturated heterocycles. The standard InChI is InChI=1S/C26H23FN2O4S/c27-21-9-3-1-6-18(21)16-29-22-14-17(25(30)28-15-19-7-5-13-33-19)11-12-24(22)34(32)23-10-4-2-8-20(23)26(29)31/h1-4,6,8-12,14,19H,5,7,13,15-16H2,(H,28,30)/t19-,34-/m0/s1. The quantitative estimate of drug-likeness (QED) is 0.600. The van der Waals surface area contributed by atoms with Gasteiger partial charge in [0, 0.05) is 24.3 Å². The number of carbonyl (C=O) groups is 2. The van der Waals surface area contributed by atoms with Crippen molar-refractivity contribution < 1.29 is 22.9 Å². The molecule has 0 radical (unpaired) electrons. The van der Waals surface area contributed by atoms with Gasteiger partial charge in [-0.1, -0.05) is 30.3 Å². The van der Waals surface area contributed by atoms with E-state index in [0.717, 1.165) is 12.8 Å². The van der Waals surface area contributed by atoms with Crippen LogP contribution >= 0.6 is 0 Å². The first-order chi connectivity index (χ1) is 16.5. The number of fused-ring (bicyclic) bond motifs is 2. The van der Waals surface area contributed by atoms with Crippen LogP contribution in [0.4, 0.5) is 10.1 Å². The fourth-order valence-corrected chi connectivity index (χ4v) is 5.62. The minimum atomic E-state index is -1.65. The summed E-state index contributed by atoms with van der Waals surface area (Å²) in [6.45, 7) is 1.02. The lowest BCUT2D eigenvalue weighted by Gasteiger charge is -2.24. The SMILES string of the molecule is O=C(NC[C@@H]1CCCO1)c1ccc2c(c1)N(Cc1ccccc1F)C(=O)c1ccccc1[S@@]2=O. The van der Waals surface area contributed by atoms with E-state index in [9.17, 15) is 18.2 Å². The summed E-state index contributed by atoms with van der Waals surface area (Å²) in [6.07, 6.45) is 1.86. The van der Waals surface area contributed by atoms with Crippen LogP contribution in [0.25, 0.3) is 0 Å². The normalized spacial score (nSPS) is 19.3. The van der Waals surface area contributed by atoms with Crippen molar-refractivity contribution in [3.8, 4) is 0 Å². The fraction of sp³-hybridized carbons (Fsp3) is 0.231. The maximum Gasteiger partial charge on any atom is 0.259 e. The first-order valence-corrected chi connectivity index (χ1v) is 12.3. The zero-order valence-corrected chi connectivity index (χ0v) is 19.1. The minimum Gasteiger partial charge on any atom is -0.376 e. The van der Waals surface area contributed by atoms with Crippen LogP contribution in [0.5, 0.6) is 0 Å². The highest BCUT2D eigenvalue weighted by atomic mass is 32.2. The predicted molar refractivity (Wildman–Crippen MR) is 126 cm³/mol. The number of rotatable bonds is 5. The molecule has 0 aromatic heterocycles. The van der Waals surface area contributed by atoms with Crippen LogP contribution in [0.1, 0.15) is 39.1 Å². The van der Waals surface area contributed by atoms with Crippen molar-refractivity contribution in [1.29, 1.82) is 0 Å². The van der Waals surface area contributed by atoms with E-state index in [1.807, 2.05) is 0 Å². The first-order valence-electron chi connectivity index (χ1n) is 11.1. The molecule has 174 valence electrons. The van der Waals surface area contributed by atoms with Gasteiger partial charge in [-0.25, -0.2) is 8.60 Å². The molecular formula is C26H23FN2O4S. The lowest BCUT2D eigenvalue weighted by atomic mass is 10.1. The van der Waals surface area contributed by atoms with Gasteiger partial charge in [0.25, 0.3) is 11.8 Å². The number of amides is 2. The van der Waals surface area contributed by atoms with Gasteiger partial charge in [-0.05, 0) is 49.2 Å². The van der Waals surface area contributed by atoms with Crippen LogP contribution in [0.2, 0.25) is 0 Å². The second-order valence-electron chi connectivity index (χ2n) is 8.28. The Kier molecular flexibility index (Phi) is 6.26. The number of nitrogens with zero attached hydrogens (tertiary/aromatic N) is 1. The van der Waals surface area contributed by atoms with Gasteiger partial charge < -0.3 is 15.0 Å². The Balaban J connectivity index is 1.55. The van der Waals surface area contributed by atoms with E-state index >= 15 is 0 Å². The smallest absolute Gasteiger partial charge is 0.259 e. The van der Waals surface area contributed by atoms with Crippen molar-refractivity contribution in [1.82, 2.24) is 5.32 Å². The van der Waals surface area contributed by atoms with Gasteiger partial charge in [0.1, 0.15) is 5.82 Å². The molecule has 3 aromatic rings. The number of hydrogen-bond acceptors (Lipinski definition) is 4. The summed E-state index contributed by atoms with van der Waals surface area (Å²) in [5.41, 5.74) is 1.26. The molecule has 1 N–H and O–H groups in total. The average Bonchev–Trinajstić information content (AvgIpc) is 3.37. The second kappa shape index (κ2) is 9.48. The molecule has 3 aromatic carbocycles. The zero-order chi connectivity index (χ0) is 23.7. The number of benzene rings is 3. The molecule has 0 aliphatic carbocycles. The molecule has 0 saturated carbocycles. The Morgan fingerprint density at radius 3 is 2.68 bits per heavy atom. The Bertz CT molecular complexity index is 1290. The highest BCUT2D eigenvalue weighted by molar-refractivity contribution is 7.85. The van der Waals surface area contributed by atoms with Crippen molar-refractivity contribution in [2.24, 2.45) is 0 Å². The minimum absolute atomic E-state index is 0.00841. The van der Waals surface area contributed by atoms with Gasteiger partial charge >= 0.3 is 0 Å². The summed E-state index contributed by atoms with van der Waals surface area (Å²) in [6, 6.07) is 17.7. The molecule has 0 bridgehead atoms. The molecule has 2 aliphatic heterocycles. The van der Waals surface area contributed by atoms with Gasteiger partial charge in [-0.2, -0.15) is 0 Å². The molecular weight excluding hydrogens is 455 g/mol. The van der Waals surface area contributed by atoms with Crippen molar-refractivity contribution in [2.45, 2.75) is 35.3 Å². The molecule has 1 fully saturated rings. The molecule has 8 heteroatoms. The van der Waals surface area contributed by atoms with Gasteiger partial charge in [-0.15, -0.1) is 0 Å². The summed E-state index contributed by atoms with van der Waals surface area (Å²) in [7, 11) is -1.65. The van der Waals surface area contributed by atoms with Crippen molar-refractivity contribution in [3.05, 3.63) is 89.2 Å². The third-order valence-electron chi connectivity index (χ3n) is 6.07. The maximum absolute atomic E-state index is 14.5. The molecule has 2 amide bonds. The van der Waals surface area contributed by atoms with E-state index < -0.39 is 22.5 Å². The number of hydrogen-bond donors (Lipinski definition) is 1. The molecule has 0 spiro atoms. The van der Waals surface area contributed by atoms with Crippen LogP contribution in [0.15, 0.2) is 76.5 Å². The fourth-order valence-electron chi connectivity index (χ4n) is 4.27. The molecule has 2 aliphatic rings. The van der Waals surface area contributed by atoms with Gasteiger partial charge in [0.05, 0.1) is 44.5 Å². The maximum atomic E-state index is 14.5. The van der Waals surface area contributed by atoms with Gasteiger partial charge in [0.15, 0.2) is 0 Å². The zero-order valence-electron chi connectivity index (χ0n) is 18.3. The lowest BCUT2D eigenvalue weighted by molar-refractivity contribution is 0.0857. The van der Waals surface area contributed by atoms with E-state index in [4.69, 9.17) is 4.74 Å². The second-order valence-corrected chi connectivity index (χ2v) is 9.69. The number of anilines is 1. The van der Waals surface area contributed by atoms with Crippen LogP contribution < -0.4 is 10.2 Å². The molecule has 2 heterocycles. The summed E-state index contributed by atoms with van der Waals surface area (Å²) >= 11 is 0. The van der Waals surface area contributed by atoms with E-state index in [0.29, 0.717) is 39.8 Å². The highest BCUT2D eigenvalue weighted by Gasteiger charge is 2.32. The monoisotopic (exact) mass is 478 g/mol. The van der Waals surface area contributed by atoms with Gasteiger partial charge in [0.2, 0.25) is 0 Å². The van der Waals surface area contributed by atoms with Crippen molar-refractivity contribution in [3.63, 3.8) is 0 Å². The molecule has 6 nitrogen and oxygen atoms in total. The topological polar surface area (TPSA) is 75.7 Å². The number of ether oxygens (including phenoxy) is 1. The summed E-state index contributed by atoms with van der Waals surface area (Å²) in [5, 5.41) is 2.87. The van der Waals surface area contributed by atoms with E-state index in [-0.39, 0.29) is 24.1 Å². The first kappa shape index (κ1) is 22.4. The van der Waals surface area contributed by atoms with E-state index in [1.165, 1.54) is 11.0 Å². The Hall–Kier alpha value is -3.36. The number of nitrogens with one attached hydrogen (secondary N) is 1. The third kappa shape index (κ3) is 4.26. The predicted octanol–water partition coefficient (Wildman–Crippen LogP) is 4.06. The van der Waals surface area contributed by atoms with Crippen molar-refractivity contribution >= 4 is 28.3 Å². The van der Waals surface area contributed by atoms with Gasteiger partial charge in [-0.3, -0.25) is 9.59 Å². The van der Waals surface area contributed by atoms with Crippen LogP contribution in [-0.2, 0) is 22.1 Å². The number of carbonyl (C=O) groups excluding carboxylic acids is 2. The Morgan fingerprint density at radius 1 is 1.09 bits per heavy atom. The van der Waals surface area contributed by atoms with Crippen LogP contribution in [0, 0.1) is 5.82 Å². The van der Waals surface area contributed by atoms with E-state index in [2.05, 4.69) is 5.32 Å². The Labute approximate surface area is 199 Å². The Morgan fingerprint density at radius 2 is 1.88 bits per heavy atom. The number of halogens is 1.